The van der Waals surface area contributed by atoms with Crippen LogP contribution in [0, 0.1) is 5.92 Å². The number of rotatable bonds is 7. The molecule has 21 heavy (non-hydrogen) atoms. The summed E-state index contributed by atoms with van der Waals surface area (Å²) in [6.45, 7) is 4.71. The molecule has 0 radical (unpaired) electrons. The van der Waals surface area contributed by atoms with Gasteiger partial charge in [0.1, 0.15) is 0 Å². The summed E-state index contributed by atoms with van der Waals surface area (Å²) in [5.41, 5.74) is 7.11. The SMILES string of the molecule is CC(C)C(=O)Nc1ccc(CNC(=O)CCCN)cc1.Cl. The molecule has 0 heterocycles. The average molecular weight is 314 g/mol. The van der Waals surface area contributed by atoms with Gasteiger partial charge in [0.2, 0.25) is 11.8 Å². The van der Waals surface area contributed by atoms with Gasteiger partial charge in [-0.25, -0.2) is 0 Å². The Morgan fingerprint density at radius 1 is 1.19 bits per heavy atom. The predicted molar refractivity (Wildman–Crippen MR) is 87.3 cm³/mol. The third kappa shape index (κ3) is 7.68. The molecule has 0 aromatic heterocycles. The number of hydrogen-bond donors (Lipinski definition) is 3. The second-order valence-corrected chi connectivity index (χ2v) is 5.01. The van der Waals surface area contributed by atoms with E-state index in [9.17, 15) is 9.59 Å². The van der Waals surface area contributed by atoms with Gasteiger partial charge in [0, 0.05) is 24.6 Å². The zero-order chi connectivity index (χ0) is 15.0. The molecule has 0 unspecified atom stereocenters. The first-order valence-corrected chi connectivity index (χ1v) is 6.89. The molecule has 0 saturated carbocycles. The van der Waals surface area contributed by atoms with Crippen molar-refractivity contribution in [2.45, 2.75) is 33.2 Å². The zero-order valence-electron chi connectivity index (χ0n) is 12.5. The molecule has 0 fully saturated rings. The molecule has 5 nitrogen and oxygen atoms in total. The molecular weight excluding hydrogens is 290 g/mol. The summed E-state index contributed by atoms with van der Waals surface area (Å²) in [6.07, 6.45) is 1.16. The highest BCUT2D eigenvalue weighted by molar-refractivity contribution is 5.92. The maximum absolute atomic E-state index is 11.5. The van der Waals surface area contributed by atoms with Crippen molar-refractivity contribution in [1.82, 2.24) is 5.32 Å². The highest BCUT2D eigenvalue weighted by Gasteiger charge is 2.06. The molecule has 2 amide bonds. The number of amides is 2. The molecule has 1 aromatic rings. The minimum Gasteiger partial charge on any atom is -0.352 e. The van der Waals surface area contributed by atoms with E-state index in [-0.39, 0.29) is 30.1 Å². The van der Waals surface area contributed by atoms with Gasteiger partial charge >= 0.3 is 0 Å². The van der Waals surface area contributed by atoms with Gasteiger partial charge in [-0.05, 0) is 30.7 Å². The van der Waals surface area contributed by atoms with Crippen LogP contribution in [0.4, 0.5) is 5.69 Å². The molecule has 0 aliphatic carbocycles. The molecule has 1 aromatic carbocycles. The number of halogens is 1. The van der Waals surface area contributed by atoms with Crippen molar-refractivity contribution in [2.24, 2.45) is 11.7 Å². The maximum atomic E-state index is 11.5. The lowest BCUT2D eigenvalue weighted by atomic mass is 10.1. The van der Waals surface area contributed by atoms with Gasteiger partial charge in [0.15, 0.2) is 0 Å². The van der Waals surface area contributed by atoms with Crippen LogP contribution in [0.1, 0.15) is 32.3 Å². The van der Waals surface area contributed by atoms with E-state index in [1.165, 1.54) is 0 Å². The smallest absolute Gasteiger partial charge is 0.226 e. The van der Waals surface area contributed by atoms with E-state index < -0.39 is 0 Å². The number of carbonyl (C=O) groups is 2. The van der Waals surface area contributed by atoms with Crippen LogP contribution in [0.25, 0.3) is 0 Å². The standard InChI is InChI=1S/C15H23N3O2.ClH/c1-11(2)15(20)18-13-7-5-12(6-8-13)10-17-14(19)4-3-9-16;/h5-8,11H,3-4,9-10,16H2,1-2H3,(H,17,19)(H,18,20);1H. The third-order valence-electron chi connectivity index (χ3n) is 2.84. The Kier molecular flexibility index (Phi) is 9.41. The summed E-state index contributed by atoms with van der Waals surface area (Å²) in [5.74, 6) is -0.0445. The van der Waals surface area contributed by atoms with Crippen molar-refractivity contribution in [3.05, 3.63) is 29.8 Å². The molecule has 1 rings (SSSR count). The lowest BCUT2D eigenvalue weighted by molar-refractivity contribution is -0.121. The molecule has 0 atom stereocenters. The van der Waals surface area contributed by atoms with E-state index in [1.807, 2.05) is 38.1 Å². The monoisotopic (exact) mass is 313 g/mol. The molecule has 0 saturated heterocycles. The Morgan fingerprint density at radius 2 is 1.81 bits per heavy atom. The number of nitrogens with one attached hydrogen (secondary N) is 2. The highest BCUT2D eigenvalue weighted by Crippen LogP contribution is 2.11. The zero-order valence-corrected chi connectivity index (χ0v) is 13.3. The lowest BCUT2D eigenvalue weighted by Gasteiger charge is -2.09. The maximum Gasteiger partial charge on any atom is 0.226 e. The van der Waals surface area contributed by atoms with Crippen molar-refractivity contribution in [3.63, 3.8) is 0 Å². The van der Waals surface area contributed by atoms with Crippen molar-refractivity contribution < 1.29 is 9.59 Å². The minimum atomic E-state index is -0.0449. The Balaban J connectivity index is 0.00000400. The van der Waals surface area contributed by atoms with E-state index in [4.69, 9.17) is 5.73 Å². The third-order valence-corrected chi connectivity index (χ3v) is 2.84. The van der Waals surface area contributed by atoms with Crippen LogP contribution in [0.3, 0.4) is 0 Å². The van der Waals surface area contributed by atoms with E-state index >= 15 is 0 Å². The normalized spacial score (nSPS) is 9.90. The summed E-state index contributed by atoms with van der Waals surface area (Å²) < 4.78 is 0. The van der Waals surface area contributed by atoms with Crippen LogP contribution < -0.4 is 16.4 Å². The lowest BCUT2D eigenvalue weighted by Crippen LogP contribution is -2.23. The molecule has 0 aliphatic heterocycles. The van der Waals surface area contributed by atoms with Gasteiger partial charge in [-0.15, -0.1) is 12.4 Å². The van der Waals surface area contributed by atoms with Crippen LogP contribution in [0.5, 0.6) is 0 Å². The number of anilines is 1. The number of benzene rings is 1. The first-order chi connectivity index (χ1) is 9.52. The molecule has 6 heteroatoms. The summed E-state index contributed by atoms with van der Waals surface area (Å²) in [7, 11) is 0. The summed E-state index contributed by atoms with van der Waals surface area (Å²) in [6, 6.07) is 7.45. The van der Waals surface area contributed by atoms with Crippen LogP contribution in [-0.2, 0) is 16.1 Å². The van der Waals surface area contributed by atoms with Crippen LogP contribution in [-0.4, -0.2) is 18.4 Å². The molecule has 118 valence electrons. The summed E-state index contributed by atoms with van der Waals surface area (Å²) >= 11 is 0. The van der Waals surface area contributed by atoms with E-state index in [0.717, 1.165) is 11.3 Å². The van der Waals surface area contributed by atoms with Crippen LogP contribution in [0.15, 0.2) is 24.3 Å². The number of carbonyl (C=O) groups excluding carboxylic acids is 2. The fourth-order valence-corrected chi connectivity index (χ4v) is 1.54. The Labute approximate surface area is 132 Å². The highest BCUT2D eigenvalue weighted by atomic mass is 35.5. The van der Waals surface area contributed by atoms with E-state index in [1.54, 1.807) is 0 Å². The van der Waals surface area contributed by atoms with Crippen molar-refractivity contribution >= 4 is 29.9 Å². The summed E-state index contributed by atoms with van der Waals surface area (Å²) in [4.78, 5) is 23.0. The van der Waals surface area contributed by atoms with Gasteiger partial charge in [-0.3, -0.25) is 9.59 Å². The van der Waals surface area contributed by atoms with Gasteiger partial charge < -0.3 is 16.4 Å². The first kappa shape index (κ1) is 19.4. The molecule has 0 aliphatic rings. The Hall–Kier alpha value is -1.59. The summed E-state index contributed by atoms with van der Waals surface area (Å²) in [5, 5.41) is 5.65. The molecule has 0 bridgehead atoms. The fourth-order valence-electron chi connectivity index (χ4n) is 1.54. The Morgan fingerprint density at radius 3 is 2.33 bits per heavy atom. The van der Waals surface area contributed by atoms with Gasteiger partial charge in [-0.1, -0.05) is 26.0 Å². The molecule has 4 N–H and O–H groups in total. The fraction of sp³-hybridized carbons (Fsp3) is 0.467. The van der Waals surface area contributed by atoms with Gasteiger partial charge in [-0.2, -0.15) is 0 Å². The largest absolute Gasteiger partial charge is 0.352 e. The topological polar surface area (TPSA) is 84.2 Å². The van der Waals surface area contributed by atoms with Crippen LogP contribution in [0.2, 0.25) is 0 Å². The number of nitrogens with two attached hydrogens (primary N) is 1. The van der Waals surface area contributed by atoms with Crippen molar-refractivity contribution in [2.75, 3.05) is 11.9 Å². The molecular formula is C15H24ClN3O2. The van der Waals surface area contributed by atoms with Crippen molar-refractivity contribution in [3.8, 4) is 0 Å². The minimum absolute atomic E-state index is 0. The van der Waals surface area contributed by atoms with Crippen molar-refractivity contribution in [1.29, 1.82) is 0 Å². The quantitative estimate of drug-likeness (QED) is 0.720. The predicted octanol–water partition coefficient (Wildman–Crippen LogP) is 2.06. The van der Waals surface area contributed by atoms with E-state index in [2.05, 4.69) is 10.6 Å². The molecule has 0 spiro atoms. The van der Waals surface area contributed by atoms with Crippen LogP contribution >= 0.6 is 12.4 Å². The Bertz CT molecular complexity index is 447. The van der Waals surface area contributed by atoms with E-state index in [0.29, 0.717) is 25.9 Å². The first-order valence-electron chi connectivity index (χ1n) is 6.89. The van der Waals surface area contributed by atoms with Gasteiger partial charge in [0.05, 0.1) is 0 Å². The second-order valence-electron chi connectivity index (χ2n) is 5.01. The van der Waals surface area contributed by atoms with Gasteiger partial charge in [0.25, 0.3) is 0 Å². The average Bonchev–Trinajstić information content (AvgIpc) is 2.44. The number of hydrogen-bond acceptors (Lipinski definition) is 3. The second kappa shape index (κ2) is 10.2.